The monoisotopic (exact) mass is 219 g/mol. The number of fused-ring (bicyclic) bond motifs is 1. The molecule has 1 atom stereocenters. The average Bonchev–Trinajstić information content (AvgIpc) is 2.56. The molecule has 0 saturated heterocycles. The lowest BCUT2D eigenvalue weighted by molar-refractivity contribution is -0.141. The van der Waals surface area contributed by atoms with Crippen molar-refractivity contribution in [3.63, 3.8) is 0 Å². The fourth-order valence-electron chi connectivity index (χ4n) is 1.61. The maximum atomic E-state index is 10.8. The van der Waals surface area contributed by atoms with Crippen LogP contribution in [0.25, 0.3) is 11.2 Å². The molecule has 2 aromatic heterocycles. The zero-order chi connectivity index (χ0) is 11.7. The Labute approximate surface area is 92.8 Å². The van der Waals surface area contributed by atoms with Gasteiger partial charge in [-0.3, -0.25) is 4.79 Å². The second-order valence-corrected chi connectivity index (χ2v) is 3.88. The number of carbonyl (C=O) groups is 1. The Morgan fingerprint density at radius 2 is 2.38 bits per heavy atom. The van der Waals surface area contributed by atoms with Crippen molar-refractivity contribution in [3.8, 4) is 0 Å². The minimum absolute atomic E-state index is 0.419. The molecule has 5 heteroatoms. The van der Waals surface area contributed by atoms with E-state index in [1.54, 1.807) is 13.1 Å². The third kappa shape index (κ3) is 1.76. The molecule has 2 rings (SSSR count). The number of aryl methyl sites for hydroxylation is 1. The molecule has 16 heavy (non-hydrogen) atoms. The summed E-state index contributed by atoms with van der Waals surface area (Å²) in [6.45, 7) is 1.68. The van der Waals surface area contributed by atoms with E-state index in [-0.39, 0.29) is 0 Å². The molecular weight excluding hydrogens is 206 g/mol. The van der Waals surface area contributed by atoms with Gasteiger partial charge in [0.15, 0.2) is 5.65 Å². The third-order valence-corrected chi connectivity index (χ3v) is 2.63. The van der Waals surface area contributed by atoms with E-state index in [0.29, 0.717) is 6.42 Å². The van der Waals surface area contributed by atoms with Crippen molar-refractivity contribution in [1.82, 2.24) is 14.5 Å². The predicted molar refractivity (Wildman–Crippen MR) is 59.0 cm³/mol. The minimum Gasteiger partial charge on any atom is -0.481 e. The van der Waals surface area contributed by atoms with E-state index in [1.807, 2.05) is 23.7 Å². The number of nitrogens with zero attached hydrogens (tertiary/aromatic N) is 3. The molecular formula is C11H13N3O2. The first-order valence-corrected chi connectivity index (χ1v) is 5.08. The predicted octanol–water partition coefficient (Wildman–Crippen LogP) is 1.23. The molecule has 0 fully saturated rings. The highest BCUT2D eigenvalue weighted by Gasteiger charge is 2.16. The van der Waals surface area contributed by atoms with Crippen molar-refractivity contribution in [3.05, 3.63) is 24.2 Å². The lowest BCUT2D eigenvalue weighted by Crippen LogP contribution is -2.14. The molecule has 2 heterocycles. The SMILES string of the molecule is CC(Cc1nc2cccnc2n1C)C(=O)O. The molecule has 0 aliphatic heterocycles. The summed E-state index contributed by atoms with van der Waals surface area (Å²) >= 11 is 0. The number of rotatable bonds is 3. The first-order valence-electron chi connectivity index (χ1n) is 5.08. The van der Waals surface area contributed by atoms with Crippen LogP contribution in [0, 0.1) is 5.92 Å². The largest absolute Gasteiger partial charge is 0.481 e. The van der Waals surface area contributed by atoms with Crippen LogP contribution in [0.4, 0.5) is 0 Å². The summed E-state index contributed by atoms with van der Waals surface area (Å²) in [6.07, 6.45) is 2.12. The Hall–Kier alpha value is -1.91. The van der Waals surface area contributed by atoms with E-state index >= 15 is 0 Å². The number of pyridine rings is 1. The fraction of sp³-hybridized carbons (Fsp3) is 0.364. The van der Waals surface area contributed by atoms with Crippen molar-refractivity contribution in [2.24, 2.45) is 13.0 Å². The van der Waals surface area contributed by atoms with Gasteiger partial charge >= 0.3 is 5.97 Å². The summed E-state index contributed by atoms with van der Waals surface area (Å²) in [5, 5.41) is 8.86. The molecule has 1 unspecified atom stereocenters. The summed E-state index contributed by atoms with van der Waals surface area (Å²) in [6, 6.07) is 3.69. The number of aromatic nitrogens is 3. The summed E-state index contributed by atoms with van der Waals surface area (Å²) in [5.41, 5.74) is 1.59. The maximum absolute atomic E-state index is 10.8. The summed E-state index contributed by atoms with van der Waals surface area (Å²) in [7, 11) is 1.85. The Balaban J connectivity index is 2.38. The number of carboxylic acid groups (broad SMARTS) is 1. The van der Waals surface area contributed by atoms with Crippen LogP contribution < -0.4 is 0 Å². The number of carboxylic acids is 1. The van der Waals surface area contributed by atoms with Gasteiger partial charge in [-0.15, -0.1) is 0 Å². The molecule has 0 spiro atoms. The van der Waals surface area contributed by atoms with Gasteiger partial charge < -0.3 is 9.67 Å². The number of hydrogen-bond acceptors (Lipinski definition) is 3. The Morgan fingerprint density at radius 3 is 3.00 bits per heavy atom. The van der Waals surface area contributed by atoms with Crippen molar-refractivity contribution < 1.29 is 9.90 Å². The van der Waals surface area contributed by atoms with Crippen molar-refractivity contribution >= 4 is 17.1 Å². The number of aliphatic carboxylic acids is 1. The summed E-state index contributed by atoms with van der Waals surface area (Å²) in [5.74, 6) is -0.487. The minimum atomic E-state index is -0.806. The van der Waals surface area contributed by atoms with Crippen LogP contribution >= 0.6 is 0 Å². The van der Waals surface area contributed by atoms with E-state index in [1.165, 1.54) is 0 Å². The van der Waals surface area contributed by atoms with Gasteiger partial charge in [-0.1, -0.05) is 6.92 Å². The molecule has 0 aliphatic rings. The van der Waals surface area contributed by atoms with Gasteiger partial charge in [0.1, 0.15) is 11.3 Å². The third-order valence-electron chi connectivity index (χ3n) is 2.63. The van der Waals surface area contributed by atoms with Crippen LogP contribution in [-0.2, 0) is 18.3 Å². The van der Waals surface area contributed by atoms with Crippen LogP contribution in [0.5, 0.6) is 0 Å². The highest BCUT2D eigenvalue weighted by molar-refractivity contribution is 5.72. The zero-order valence-electron chi connectivity index (χ0n) is 9.21. The van der Waals surface area contributed by atoms with E-state index in [4.69, 9.17) is 5.11 Å². The molecule has 84 valence electrons. The van der Waals surface area contributed by atoms with Crippen molar-refractivity contribution in [1.29, 1.82) is 0 Å². The van der Waals surface area contributed by atoms with Crippen LogP contribution in [0.2, 0.25) is 0 Å². The molecule has 0 aliphatic carbocycles. The molecule has 5 nitrogen and oxygen atoms in total. The molecule has 0 saturated carbocycles. The highest BCUT2D eigenvalue weighted by Crippen LogP contribution is 2.14. The molecule has 1 N–H and O–H groups in total. The first-order chi connectivity index (χ1) is 7.59. The second kappa shape index (κ2) is 3.92. The van der Waals surface area contributed by atoms with Crippen molar-refractivity contribution in [2.75, 3.05) is 0 Å². The van der Waals surface area contributed by atoms with Crippen molar-refractivity contribution in [2.45, 2.75) is 13.3 Å². The van der Waals surface area contributed by atoms with Crippen LogP contribution in [0.15, 0.2) is 18.3 Å². The molecule has 2 aromatic rings. The Bertz CT molecular complexity index is 533. The quantitative estimate of drug-likeness (QED) is 0.843. The van der Waals surface area contributed by atoms with Gasteiger partial charge in [-0.2, -0.15) is 0 Å². The summed E-state index contributed by atoms with van der Waals surface area (Å²) in [4.78, 5) is 19.4. The van der Waals surface area contributed by atoms with Gasteiger partial charge in [0, 0.05) is 19.7 Å². The van der Waals surface area contributed by atoms with E-state index in [0.717, 1.165) is 17.0 Å². The van der Waals surface area contributed by atoms with E-state index in [2.05, 4.69) is 9.97 Å². The molecule has 0 bridgehead atoms. The normalized spacial score (nSPS) is 12.9. The van der Waals surface area contributed by atoms with Crippen LogP contribution in [-0.4, -0.2) is 25.6 Å². The topological polar surface area (TPSA) is 68.0 Å². The lowest BCUT2D eigenvalue weighted by Gasteiger charge is -2.05. The standard InChI is InChI=1S/C11H13N3O2/c1-7(11(15)16)6-9-13-8-4-3-5-12-10(8)14(9)2/h3-5,7H,6H2,1-2H3,(H,15,16). The second-order valence-electron chi connectivity index (χ2n) is 3.88. The number of imidazole rings is 1. The smallest absolute Gasteiger partial charge is 0.306 e. The average molecular weight is 219 g/mol. The highest BCUT2D eigenvalue weighted by atomic mass is 16.4. The number of hydrogen-bond donors (Lipinski definition) is 1. The molecule has 0 amide bonds. The van der Waals surface area contributed by atoms with Gasteiger partial charge in [0.25, 0.3) is 0 Å². The van der Waals surface area contributed by atoms with Gasteiger partial charge in [-0.05, 0) is 12.1 Å². The van der Waals surface area contributed by atoms with E-state index in [9.17, 15) is 4.79 Å². The lowest BCUT2D eigenvalue weighted by atomic mass is 10.1. The van der Waals surface area contributed by atoms with Crippen LogP contribution in [0.3, 0.4) is 0 Å². The van der Waals surface area contributed by atoms with Gasteiger partial charge in [-0.25, -0.2) is 9.97 Å². The Kier molecular flexibility index (Phi) is 2.60. The fourth-order valence-corrected chi connectivity index (χ4v) is 1.61. The first kappa shape index (κ1) is 10.6. The molecule has 0 radical (unpaired) electrons. The van der Waals surface area contributed by atoms with Gasteiger partial charge in [0.05, 0.1) is 5.92 Å². The van der Waals surface area contributed by atoms with Crippen LogP contribution in [0.1, 0.15) is 12.7 Å². The zero-order valence-corrected chi connectivity index (χ0v) is 9.21. The molecule has 0 aromatic carbocycles. The van der Waals surface area contributed by atoms with Gasteiger partial charge in [0.2, 0.25) is 0 Å². The maximum Gasteiger partial charge on any atom is 0.306 e. The summed E-state index contributed by atoms with van der Waals surface area (Å²) < 4.78 is 1.84. The van der Waals surface area contributed by atoms with E-state index < -0.39 is 11.9 Å². The Morgan fingerprint density at radius 1 is 1.62 bits per heavy atom.